The van der Waals surface area contributed by atoms with E-state index in [2.05, 4.69) is 36.2 Å². The summed E-state index contributed by atoms with van der Waals surface area (Å²) in [5.74, 6) is 0. The van der Waals surface area contributed by atoms with Crippen molar-refractivity contribution in [3.8, 4) is 0 Å². The molecule has 152 valence electrons. The van der Waals surface area contributed by atoms with Gasteiger partial charge in [-0.1, -0.05) is 35.4 Å². The Morgan fingerprint density at radius 2 is 1.81 bits per heavy atom. The van der Waals surface area contributed by atoms with Crippen molar-refractivity contribution in [2.24, 2.45) is 0 Å². The third-order valence-electron chi connectivity index (χ3n) is 3.34. The summed E-state index contributed by atoms with van der Waals surface area (Å²) in [5, 5.41) is 3.33. The second kappa shape index (κ2) is 11.3. The topological polar surface area (TPSA) is 125 Å². The molecular weight excluding hydrogens is 460 g/mol. The number of anilines is 1. The highest BCUT2D eigenvalue weighted by Gasteiger charge is 2.31. The Balaban J connectivity index is 2.36. The first-order valence-corrected chi connectivity index (χ1v) is 11.8. The quantitative estimate of drug-likeness (QED) is 0.262. The number of rotatable bonds is 11. The van der Waals surface area contributed by atoms with E-state index >= 15 is 0 Å². The molecule has 0 amide bonds. The molecule has 1 rings (SSSR count). The Morgan fingerprint density at radius 1 is 1.15 bits per heavy atom. The van der Waals surface area contributed by atoms with Gasteiger partial charge in [0.05, 0.1) is 6.61 Å². The Bertz CT molecular complexity index is 776. The number of allylic oxidation sites excluding steroid dienone is 2. The van der Waals surface area contributed by atoms with Crippen molar-refractivity contribution in [2.45, 2.75) is 26.7 Å². The van der Waals surface area contributed by atoms with Crippen LogP contribution in [-0.2, 0) is 18.0 Å². The molecule has 0 bridgehead atoms. The highest BCUT2D eigenvalue weighted by molar-refractivity contribution is 9.10. The lowest BCUT2D eigenvalue weighted by Crippen LogP contribution is -2.03. The van der Waals surface area contributed by atoms with Crippen LogP contribution in [0.5, 0.6) is 0 Å². The number of halogens is 1. The molecule has 1 unspecified atom stereocenters. The van der Waals surface area contributed by atoms with Crippen LogP contribution in [-0.4, -0.2) is 27.8 Å². The van der Waals surface area contributed by atoms with Gasteiger partial charge in [0.15, 0.2) is 0 Å². The second-order valence-electron chi connectivity index (χ2n) is 5.81. The van der Waals surface area contributed by atoms with Gasteiger partial charge in [0.2, 0.25) is 0 Å². The first-order valence-electron chi connectivity index (χ1n) is 8.02. The van der Waals surface area contributed by atoms with Crippen LogP contribution in [0.1, 0.15) is 26.7 Å². The molecule has 0 heterocycles. The lowest BCUT2D eigenvalue weighted by molar-refractivity contribution is 0.191. The Kier molecular flexibility index (Phi) is 10.2. The van der Waals surface area contributed by atoms with Crippen molar-refractivity contribution in [2.75, 3.05) is 18.5 Å². The van der Waals surface area contributed by atoms with E-state index in [9.17, 15) is 9.13 Å². The molecule has 0 spiro atoms. The van der Waals surface area contributed by atoms with Gasteiger partial charge in [-0.25, -0.2) is 9.13 Å². The van der Waals surface area contributed by atoms with E-state index < -0.39 is 15.6 Å². The number of para-hydroxylation sites is 1. The van der Waals surface area contributed by atoms with Gasteiger partial charge in [-0.05, 0) is 54.8 Å². The molecule has 4 N–H and O–H groups in total. The van der Waals surface area contributed by atoms with Crippen LogP contribution in [0.3, 0.4) is 0 Å². The smallest absolute Gasteiger partial charge is 0.380 e. The van der Waals surface area contributed by atoms with Gasteiger partial charge >= 0.3 is 15.6 Å². The third-order valence-corrected chi connectivity index (χ3v) is 6.19. The molecule has 27 heavy (non-hydrogen) atoms. The lowest BCUT2D eigenvalue weighted by Gasteiger charge is -2.11. The van der Waals surface area contributed by atoms with Crippen LogP contribution in [0.2, 0.25) is 0 Å². The minimum atomic E-state index is -5.09. The molecule has 1 atom stereocenters. The molecule has 0 aliphatic heterocycles. The predicted molar refractivity (Wildman–Crippen MR) is 108 cm³/mol. The number of phosphoric acid groups is 2. The van der Waals surface area contributed by atoms with Crippen molar-refractivity contribution in [1.29, 1.82) is 0 Å². The molecule has 11 heteroatoms. The molecule has 0 aliphatic rings. The van der Waals surface area contributed by atoms with Crippen LogP contribution in [0.4, 0.5) is 5.69 Å². The zero-order chi connectivity index (χ0) is 20.5. The molecule has 0 saturated carbocycles. The number of benzene rings is 1. The molecular formula is C16H24BrNO7P2. The first-order chi connectivity index (χ1) is 12.5. The standard InChI is InChI=1S/C16H24BrNO7P2/c1-13(10-11-24-27(22,23)25-26(19,20)21)6-5-7-14(2)12-18-16-9-4-3-8-15(16)17/h3-4,7-10,18H,5-6,11-12H2,1-2H3,(H,22,23)(H2,19,20,21)/b13-10+,14-7+. The second-order valence-corrected chi connectivity index (χ2v) is 9.49. The van der Waals surface area contributed by atoms with Crippen molar-refractivity contribution in [1.82, 2.24) is 0 Å². The van der Waals surface area contributed by atoms with E-state index in [0.717, 1.165) is 22.2 Å². The van der Waals surface area contributed by atoms with E-state index in [1.54, 1.807) is 6.08 Å². The Hall–Kier alpha value is -0.760. The van der Waals surface area contributed by atoms with E-state index in [1.165, 1.54) is 5.57 Å². The van der Waals surface area contributed by atoms with Gasteiger partial charge in [0, 0.05) is 16.7 Å². The van der Waals surface area contributed by atoms with Crippen LogP contribution in [0.25, 0.3) is 0 Å². The Morgan fingerprint density at radius 3 is 2.44 bits per heavy atom. The molecule has 1 aromatic rings. The molecule has 0 aliphatic carbocycles. The molecule has 0 saturated heterocycles. The number of hydrogen-bond donors (Lipinski definition) is 4. The normalized spacial score (nSPS) is 15.5. The van der Waals surface area contributed by atoms with Gasteiger partial charge < -0.3 is 20.0 Å². The van der Waals surface area contributed by atoms with Crippen LogP contribution in [0, 0.1) is 0 Å². The van der Waals surface area contributed by atoms with E-state index in [4.69, 9.17) is 14.7 Å². The lowest BCUT2D eigenvalue weighted by atomic mass is 10.1. The summed E-state index contributed by atoms with van der Waals surface area (Å²) in [6.07, 6.45) is 5.15. The van der Waals surface area contributed by atoms with Crippen molar-refractivity contribution < 1.29 is 32.6 Å². The monoisotopic (exact) mass is 483 g/mol. The maximum absolute atomic E-state index is 11.3. The van der Waals surface area contributed by atoms with Crippen molar-refractivity contribution >= 4 is 37.3 Å². The summed E-state index contributed by atoms with van der Waals surface area (Å²) in [6, 6.07) is 7.86. The zero-order valence-corrected chi connectivity index (χ0v) is 18.4. The summed E-state index contributed by atoms with van der Waals surface area (Å²) in [4.78, 5) is 26.2. The predicted octanol–water partition coefficient (Wildman–Crippen LogP) is 4.76. The third kappa shape index (κ3) is 11.6. The summed E-state index contributed by atoms with van der Waals surface area (Å²) >= 11 is 3.48. The van der Waals surface area contributed by atoms with Gasteiger partial charge in [-0.15, -0.1) is 0 Å². The number of hydrogen-bond acceptors (Lipinski definition) is 5. The summed E-state index contributed by atoms with van der Waals surface area (Å²) < 4.78 is 31.0. The average Bonchev–Trinajstić information content (AvgIpc) is 2.51. The molecule has 0 radical (unpaired) electrons. The minimum absolute atomic E-state index is 0.286. The largest absolute Gasteiger partial charge is 0.481 e. The van der Waals surface area contributed by atoms with Crippen LogP contribution >= 0.6 is 31.6 Å². The highest BCUT2D eigenvalue weighted by atomic mass is 79.9. The van der Waals surface area contributed by atoms with Gasteiger partial charge in [0.25, 0.3) is 0 Å². The summed E-state index contributed by atoms with van der Waals surface area (Å²) in [6.45, 7) is 4.28. The van der Waals surface area contributed by atoms with E-state index in [-0.39, 0.29) is 6.61 Å². The fourth-order valence-corrected chi connectivity index (χ4v) is 3.94. The van der Waals surface area contributed by atoms with Gasteiger partial charge in [0.1, 0.15) is 0 Å². The number of phosphoric ester groups is 1. The van der Waals surface area contributed by atoms with Crippen molar-refractivity contribution in [3.63, 3.8) is 0 Å². The summed E-state index contributed by atoms with van der Waals surface area (Å²) in [7, 11) is -9.87. The maximum Gasteiger partial charge on any atom is 0.481 e. The van der Waals surface area contributed by atoms with E-state index in [0.29, 0.717) is 13.0 Å². The van der Waals surface area contributed by atoms with Gasteiger partial charge in [-0.2, -0.15) is 4.31 Å². The number of nitrogens with one attached hydrogen (secondary N) is 1. The van der Waals surface area contributed by atoms with Crippen LogP contribution in [0.15, 0.2) is 52.0 Å². The minimum Gasteiger partial charge on any atom is -0.380 e. The molecule has 0 fully saturated rings. The highest BCUT2D eigenvalue weighted by Crippen LogP contribution is 2.57. The first kappa shape index (κ1) is 24.3. The fourth-order valence-electron chi connectivity index (χ4n) is 1.99. The Labute approximate surface area is 167 Å². The molecule has 1 aromatic carbocycles. The molecule has 0 aromatic heterocycles. The zero-order valence-electron chi connectivity index (χ0n) is 15.0. The average molecular weight is 484 g/mol. The van der Waals surface area contributed by atoms with Crippen LogP contribution < -0.4 is 5.32 Å². The van der Waals surface area contributed by atoms with Gasteiger partial charge in [-0.3, -0.25) is 4.52 Å². The summed E-state index contributed by atoms with van der Waals surface area (Å²) in [5.41, 5.74) is 3.10. The maximum atomic E-state index is 11.3. The van der Waals surface area contributed by atoms with Crippen molar-refractivity contribution in [3.05, 3.63) is 52.0 Å². The SMILES string of the molecule is C/C(=C\COP(=O)(O)OP(=O)(O)O)CC/C=C(\C)CNc1ccccc1Br. The fraction of sp³-hybridized carbons (Fsp3) is 0.375. The molecule has 8 nitrogen and oxygen atoms in total. The van der Waals surface area contributed by atoms with E-state index in [1.807, 2.05) is 38.1 Å².